The van der Waals surface area contributed by atoms with Gasteiger partial charge in [-0.15, -0.1) is 0 Å². The highest BCUT2D eigenvalue weighted by Gasteiger charge is 2.32. The van der Waals surface area contributed by atoms with Crippen molar-refractivity contribution < 1.29 is 4.74 Å². The van der Waals surface area contributed by atoms with Gasteiger partial charge in [-0.25, -0.2) is 9.97 Å². The number of hydrogen-bond acceptors (Lipinski definition) is 5. The number of H-pyrrole nitrogens is 1. The van der Waals surface area contributed by atoms with E-state index < -0.39 is 0 Å². The highest BCUT2D eigenvalue weighted by atomic mass is 16.5. The SMILES string of the molecule is Cc1cc(Oc2ccccc2)nc(N2CC(c3nc4ccccc4[nH]3)C2)n1. The van der Waals surface area contributed by atoms with Gasteiger partial charge >= 0.3 is 0 Å². The van der Waals surface area contributed by atoms with Gasteiger partial charge in [-0.2, -0.15) is 4.98 Å². The van der Waals surface area contributed by atoms with Crippen LogP contribution in [0.5, 0.6) is 11.6 Å². The summed E-state index contributed by atoms with van der Waals surface area (Å²) in [6, 6.07) is 19.6. The molecule has 0 aliphatic carbocycles. The largest absolute Gasteiger partial charge is 0.439 e. The number of aromatic amines is 1. The summed E-state index contributed by atoms with van der Waals surface area (Å²) < 4.78 is 5.87. The smallest absolute Gasteiger partial charge is 0.228 e. The summed E-state index contributed by atoms with van der Waals surface area (Å²) in [5.41, 5.74) is 2.98. The molecular weight excluding hydrogens is 338 g/mol. The van der Waals surface area contributed by atoms with Crippen LogP contribution >= 0.6 is 0 Å². The molecule has 0 spiro atoms. The number of rotatable bonds is 4. The van der Waals surface area contributed by atoms with E-state index in [4.69, 9.17) is 9.72 Å². The Bertz CT molecular complexity index is 1050. The Morgan fingerprint density at radius 1 is 0.963 bits per heavy atom. The second-order valence-corrected chi connectivity index (χ2v) is 6.80. The third-order valence-corrected chi connectivity index (χ3v) is 4.74. The van der Waals surface area contributed by atoms with Crippen LogP contribution in [0.25, 0.3) is 11.0 Å². The maximum absolute atomic E-state index is 5.87. The van der Waals surface area contributed by atoms with Crippen LogP contribution in [0.3, 0.4) is 0 Å². The molecule has 3 heterocycles. The van der Waals surface area contributed by atoms with Gasteiger partial charge in [0.1, 0.15) is 11.6 Å². The van der Waals surface area contributed by atoms with Crippen LogP contribution in [0.15, 0.2) is 60.7 Å². The number of anilines is 1. The molecule has 6 heteroatoms. The molecule has 0 unspecified atom stereocenters. The van der Waals surface area contributed by atoms with E-state index in [9.17, 15) is 0 Å². The molecule has 0 bridgehead atoms. The molecule has 1 aliphatic rings. The van der Waals surface area contributed by atoms with E-state index in [2.05, 4.69) is 25.9 Å². The highest BCUT2D eigenvalue weighted by molar-refractivity contribution is 5.75. The third kappa shape index (κ3) is 3.10. The van der Waals surface area contributed by atoms with Crippen molar-refractivity contribution in [3.8, 4) is 11.6 Å². The van der Waals surface area contributed by atoms with E-state index in [0.717, 1.165) is 41.4 Å². The van der Waals surface area contributed by atoms with E-state index in [1.807, 2.05) is 61.5 Å². The zero-order valence-electron chi connectivity index (χ0n) is 15.0. The molecule has 134 valence electrons. The van der Waals surface area contributed by atoms with Gasteiger partial charge in [0.05, 0.1) is 17.0 Å². The standard InChI is InChI=1S/C21H19N5O/c1-14-11-19(27-16-7-3-2-4-8-16)25-21(22-14)26-12-15(13-26)20-23-17-9-5-6-10-18(17)24-20/h2-11,15H,12-13H2,1H3,(H,23,24). The Morgan fingerprint density at radius 3 is 2.56 bits per heavy atom. The second-order valence-electron chi connectivity index (χ2n) is 6.80. The molecule has 1 fully saturated rings. The van der Waals surface area contributed by atoms with Crippen molar-refractivity contribution in [1.82, 2.24) is 19.9 Å². The number of fused-ring (bicyclic) bond motifs is 1. The Morgan fingerprint density at radius 2 is 1.74 bits per heavy atom. The number of ether oxygens (including phenoxy) is 1. The second kappa shape index (κ2) is 6.39. The Hall–Kier alpha value is -3.41. The molecule has 0 amide bonds. The predicted octanol–water partition coefficient (Wildman–Crippen LogP) is 4.06. The lowest BCUT2D eigenvalue weighted by molar-refractivity contribution is 0.451. The first-order chi connectivity index (χ1) is 13.2. The van der Waals surface area contributed by atoms with Crippen LogP contribution in [0.1, 0.15) is 17.4 Å². The van der Waals surface area contributed by atoms with Gasteiger partial charge in [-0.3, -0.25) is 0 Å². The van der Waals surface area contributed by atoms with Crippen LogP contribution in [0.4, 0.5) is 5.95 Å². The summed E-state index contributed by atoms with van der Waals surface area (Å²) in [4.78, 5) is 19.4. The van der Waals surface area contributed by atoms with Gasteiger partial charge in [0.15, 0.2) is 0 Å². The summed E-state index contributed by atoms with van der Waals surface area (Å²) in [5, 5.41) is 0. The van der Waals surface area contributed by atoms with Gasteiger partial charge in [0.2, 0.25) is 11.8 Å². The number of para-hydroxylation sites is 3. The summed E-state index contributed by atoms with van der Waals surface area (Å²) in [6.45, 7) is 3.64. The van der Waals surface area contributed by atoms with E-state index >= 15 is 0 Å². The first-order valence-electron chi connectivity index (χ1n) is 9.03. The van der Waals surface area contributed by atoms with Crippen molar-refractivity contribution in [3.63, 3.8) is 0 Å². The number of benzene rings is 2. The molecule has 27 heavy (non-hydrogen) atoms. The molecule has 5 rings (SSSR count). The Balaban J connectivity index is 1.32. The molecular formula is C21H19N5O. The van der Waals surface area contributed by atoms with Crippen LogP contribution in [-0.2, 0) is 0 Å². The van der Waals surface area contributed by atoms with Gasteiger partial charge in [0, 0.05) is 24.8 Å². The fraction of sp³-hybridized carbons (Fsp3) is 0.190. The maximum atomic E-state index is 5.87. The molecule has 1 N–H and O–H groups in total. The number of aryl methyl sites for hydroxylation is 1. The molecule has 0 saturated carbocycles. The molecule has 6 nitrogen and oxygen atoms in total. The van der Waals surface area contributed by atoms with Crippen LogP contribution < -0.4 is 9.64 Å². The monoisotopic (exact) mass is 357 g/mol. The Labute approximate surface area is 156 Å². The minimum absolute atomic E-state index is 0.361. The van der Waals surface area contributed by atoms with Crippen molar-refractivity contribution in [2.45, 2.75) is 12.8 Å². The van der Waals surface area contributed by atoms with Crippen molar-refractivity contribution in [1.29, 1.82) is 0 Å². The minimum Gasteiger partial charge on any atom is -0.439 e. The van der Waals surface area contributed by atoms with E-state index in [1.165, 1.54) is 0 Å². The van der Waals surface area contributed by atoms with Gasteiger partial charge < -0.3 is 14.6 Å². The van der Waals surface area contributed by atoms with Crippen LogP contribution in [0.2, 0.25) is 0 Å². The quantitative estimate of drug-likeness (QED) is 0.597. The highest BCUT2D eigenvalue weighted by Crippen LogP contribution is 2.31. The fourth-order valence-electron chi connectivity index (χ4n) is 3.31. The number of nitrogens with one attached hydrogen (secondary N) is 1. The Kier molecular flexibility index (Phi) is 3.74. The van der Waals surface area contributed by atoms with Crippen molar-refractivity contribution in [3.05, 3.63) is 72.2 Å². The average molecular weight is 357 g/mol. The van der Waals surface area contributed by atoms with Gasteiger partial charge in [0.25, 0.3) is 0 Å². The fourth-order valence-corrected chi connectivity index (χ4v) is 3.31. The number of aromatic nitrogens is 4. The van der Waals surface area contributed by atoms with Gasteiger partial charge in [-0.1, -0.05) is 30.3 Å². The van der Waals surface area contributed by atoms with E-state index in [-0.39, 0.29) is 0 Å². The zero-order valence-corrected chi connectivity index (χ0v) is 15.0. The normalized spacial score (nSPS) is 14.3. The molecule has 4 aromatic rings. The molecule has 0 radical (unpaired) electrons. The zero-order chi connectivity index (χ0) is 18.2. The average Bonchev–Trinajstić information content (AvgIpc) is 3.04. The molecule has 1 aliphatic heterocycles. The third-order valence-electron chi connectivity index (χ3n) is 4.74. The molecule has 2 aromatic carbocycles. The van der Waals surface area contributed by atoms with E-state index in [0.29, 0.717) is 17.7 Å². The lowest BCUT2D eigenvalue weighted by Crippen LogP contribution is -2.46. The lowest BCUT2D eigenvalue weighted by atomic mass is 10.0. The number of hydrogen-bond donors (Lipinski definition) is 1. The summed E-state index contributed by atoms with van der Waals surface area (Å²) >= 11 is 0. The number of nitrogens with zero attached hydrogens (tertiary/aromatic N) is 4. The summed E-state index contributed by atoms with van der Waals surface area (Å²) in [6.07, 6.45) is 0. The summed E-state index contributed by atoms with van der Waals surface area (Å²) in [7, 11) is 0. The van der Waals surface area contributed by atoms with E-state index in [1.54, 1.807) is 0 Å². The van der Waals surface area contributed by atoms with Crippen molar-refractivity contribution in [2.75, 3.05) is 18.0 Å². The predicted molar refractivity (Wildman–Crippen MR) is 104 cm³/mol. The van der Waals surface area contributed by atoms with Gasteiger partial charge in [-0.05, 0) is 31.2 Å². The summed E-state index contributed by atoms with van der Waals surface area (Å²) in [5.74, 6) is 3.43. The maximum Gasteiger partial charge on any atom is 0.228 e. The number of imidazole rings is 1. The topological polar surface area (TPSA) is 66.9 Å². The van der Waals surface area contributed by atoms with Crippen molar-refractivity contribution >= 4 is 17.0 Å². The van der Waals surface area contributed by atoms with Crippen LogP contribution in [0, 0.1) is 6.92 Å². The first kappa shape index (κ1) is 15.8. The first-order valence-corrected chi connectivity index (χ1v) is 9.03. The molecule has 1 saturated heterocycles. The minimum atomic E-state index is 0.361. The lowest BCUT2D eigenvalue weighted by Gasteiger charge is -2.38. The van der Waals surface area contributed by atoms with Crippen LogP contribution in [-0.4, -0.2) is 33.0 Å². The molecule has 2 aromatic heterocycles. The molecule has 0 atom stereocenters. The van der Waals surface area contributed by atoms with Crippen molar-refractivity contribution in [2.24, 2.45) is 0 Å².